The molecule has 4 aromatic carbocycles. The van der Waals surface area contributed by atoms with E-state index in [0.717, 1.165) is 27.2 Å². The van der Waals surface area contributed by atoms with Crippen molar-refractivity contribution >= 4 is 34.4 Å². The van der Waals surface area contributed by atoms with E-state index >= 15 is 0 Å². The molecule has 33 heavy (non-hydrogen) atoms. The first kappa shape index (κ1) is 22.8. The minimum absolute atomic E-state index is 0.0200. The van der Waals surface area contributed by atoms with Gasteiger partial charge in [0.05, 0.1) is 13.7 Å². The summed E-state index contributed by atoms with van der Waals surface area (Å²) in [5.74, 6) is 2.70. The summed E-state index contributed by atoms with van der Waals surface area (Å²) in [7, 11) is 1.64. The zero-order chi connectivity index (χ0) is 22.9. The Bertz CT molecular complexity index is 1110. The van der Waals surface area contributed by atoms with Gasteiger partial charge in [0.25, 0.3) is 0 Å². The SMILES string of the molecule is COc1ccc(COCC(=O)C=P(c2ccccc2)(c2ccccc2)c2ccccc2)cc1. The number of ether oxygens (including phenoxy) is 2. The topological polar surface area (TPSA) is 35.5 Å². The van der Waals surface area contributed by atoms with Crippen molar-refractivity contribution in [1.82, 2.24) is 0 Å². The number of carbonyl (C=O) groups is 1. The van der Waals surface area contributed by atoms with Crippen LogP contribution in [-0.4, -0.2) is 25.3 Å². The van der Waals surface area contributed by atoms with Crippen LogP contribution in [0.4, 0.5) is 0 Å². The molecule has 4 rings (SSSR count). The highest BCUT2D eigenvalue weighted by Gasteiger charge is 2.26. The smallest absolute Gasteiger partial charge is 0.182 e. The Kier molecular flexibility index (Phi) is 7.57. The van der Waals surface area contributed by atoms with Gasteiger partial charge in [-0.2, -0.15) is 0 Å². The maximum Gasteiger partial charge on any atom is 0.182 e. The summed E-state index contributed by atoms with van der Waals surface area (Å²) in [4.78, 5) is 13.3. The molecule has 0 aliphatic heterocycles. The molecule has 0 aliphatic carbocycles. The highest BCUT2D eigenvalue weighted by atomic mass is 31.2. The molecule has 0 bridgehead atoms. The van der Waals surface area contributed by atoms with E-state index < -0.39 is 6.89 Å². The lowest BCUT2D eigenvalue weighted by Gasteiger charge is -2.28. The summed E-state index contributed by atoms with van der Waals surface area (Å²) >= 11 is 0. The molecule has 0 radical (unpaired) electrons. The van der Waals surface area contributed by atoms with Crippen molar-refractivity contribution in [3.05, 3.63) is 121 Å². The van der Waals surface area contributed by atoms with Crippen molar-refractivity contribution in [3.8, 4) is 5.75 Å². The summed E-state index contributed by atoms with van der Waals surface area (Å²) in [5, 5.41) is 3.43. The van der Waals surface area contributed by atoms with Gasteiger partial charge >= 0.3 is 0 Å². The Labute approximate surface area is 195 Å². The fraction of sp³-hybridized carbons (Fsp3) is 0.103. The van der Waals surface area contributed by atoms with E-state index in [-0.39, 0.29) is 12.4 Å². The maximum atomic E-state index is 13.3. The monoisotopic (exact) mass is 454 g/mol. The van der Waals surface area contributed by atoms with Crippen molar-refractivity contribution in [2.45, 2.75) is 6.61 Å². The Balaban J connectivity index is 1.70. The maximum absolute atomic E-state index is 13.3. The van der Waals surface area contributed by atoms with Gasteiger partial charge in [0.2, 0.25) is 0 Å². The number of ketones is 1. The van der Waals surface area contributed by atoms with E-state index in [0.29, 0.717) is 6.61 Å². The third-order valence-electron chi connectivity index (χ3n) is 5.50. The van der Waals surface area contributed by atoms with Crippen LogP contribution in [0.5, 0.6) is 5.75 Å². The van der Waals surface area contributed by atoms with Crippen LogP contribution in [0.2, 0.25) is 0 Å². The Morgan fingerprint density at radius 3 is 1.58 bits per heavy atom. The normalized spacial score (nSPS) is 11.1. The van der Waals surface area contributed by atoms with Crippen LogP contribution in [0.1, 0.15) is 5.56 Å². The molecule has 4 aromatic rings. The Morgan fingerprint density at radius 1 is 0.697 bits per heavy atom. The van der Waals surface area contributed by atoms with Gasteiger partial charge in [0, 0.05) is 0 Å². The third-order valence-corrected chi connectivity index (χ3v) is 9.51. The lowest BCUT2D eigenvalue weighted by Crippen LogP contribution is -2.29. The molecule has 0 heterocycles. The highest BCUT2D eigenvalue weighted by molar-refractivity contribution is 7.95. The molecule has 0 aliphatic rings. The van der Waals surface area contributed by atoms with Gasteiger partial charge in [-0.25, -0.2) is 0 Å². The van der Waals surface area contributed by atoms with Crippen molar-refractivity contribution in [2.24, 2.45) is 0 Å². The average Bonchev–Trinajstić information content (AvgIpc) is 2.89. The van der Waals surface area contributed by atoms with Crippen molar-refractivity contribution in [3.63, 3.8) is 0 Å². The lowest BCUT2D eigenvalue weighted by atomic mass is 10.2. The summed E-state index contributed by atoms with van der Waals surface area (Å²) < 4.78 is 11.0. The van der Waals surface area contributed by atoms with Gasteiger partial charge in [-0.3, -0.25) is 4.79 Å². The lowest BCUT2D eigenvalue weighted by molar-refractivity contribution is -0.117. The molecular weight excluding hydrogens is 427 g/mol. The molecule has 3 nitrogen and oxygen atoms in total. The number of hydrogen-bond donors (Lipinski definition) is 0. The molecule has 0 unspecified atom stereocenters. The van der Waals surface area contributed by atoms with Gasteiger partial charge in [0.15, 0.2) is 5.78 Å². The highest BCUT2D eigenvalue weighted by Crippen LogP contribution is 2.43. The van der Waals surface area contributed by atoms with Gasteiger partial charge in [-0.15, -0.1) is 0 Å². The van der Waals surface area contributed by atoms with Crippen LogP contribution >= 0.6 is 6.89 Å². The van der Waals surface area contributed by atoms with E-state index in [9.17, 15) is 4.79 Å². The summed E-state index contributed by atoms with van der Waals surface area (Å²) in [5.41, 5.74) is 0.999. The van der Waals surface area contributed by atoms with Gasteiger partial charge in [-0.05, 0) is 46.3 Å². The Hall–Kier alpha value is -3.39. The molecule has 0 aromatic heterocycles. The summed E-state index contributed by atoms with van der Waals surface area (Å²) in [6.07, 6.45) is 0. The van der Waals surface area contributed by atoms with Crippen LogP contribution in [0.3, 0.4) is 0 Å². The first-order valence-electron chi connectivity index (χ1n) is 10.9. The minimum Gasteiger partial charge on any atom is -0.497 e. The predicted octanol–water partition coefficient (Wildman–Crippen LogP) is 4.58. The first-order chi connectivity index (χ1) is 16.2. The van der Waals surface area contributed by atoms with Crippen LogP contribution < -0.4 is 20.7 Å². The number of hydrogen-bond acceptors (Lipinski definition) is 3. The predicted molar refractivity (Wildman–Crippen MR) is 139 cm³/mol. The van der Waals surface area contributed by atoms with Crippen LogP contribution in [0, 0.1) is 0 Å². The van der Waals surface area contributed by atoms with Gasteiger partial charge in [-0.1, -0.05) is 103 Å². The first-order valence-corrected chi connectivity index (χ1v) is 12.7. The van der Waals surface area contributed by atoms with E-state index in [1.807, 2.05) is 84.7 Å². The average molecular weight is 455 g/mol. The standard InChI is InChI=1S/C29H27O3P/c1-31-26-19-17-24(18-20-26)21-32-22-25(30)23-33(27-11-5-2-6-12-27,28-13-7-3-8-14-28)29-15-9-4-10-16-29/h2-20,23H,21-22H2,1H3. The van der Waals surface area contributed by atoms with Crippen LogP contribution in [-0.2, 0) is 16.1 Å². The second kappa shape index (κ2) is 11.0. The second-order valence-corrected chi connectivity index (χ2v) is 10.9. The zero-order valence-electron chi connectivity index (χ0n) is 18.6. The van der Waals surface area contributed by atoms with Crippen LogP contribution in [0.15, 0.2) is 115 Å². The molecule has 0 atom stereocenters. The fourth-order valence-corrected chi connectivity index (χ4v) is 7.68. The molecule has 4 heteroatoms. The molecule has 166 valence electrons. The van der Waals surface area contributed by atoms with E-state index in [4.69, 9.17) is 9.47 Å². The van der Waals surface area contributed by atoms with E-state index in [1.54, 1.807) is 7.11 Å². The number of Topliss-reactive ketones (excluding diaryl/α,β-unsaturated/α-hetero) is 1. The number of carbonyl (C=O) groups excluding carboxylic acids is 1. The van der Waals surface area contributed by atoms with Gasteiger partial charge < -0.3 is 9.47 Å². The van der Waals surface area contributed by atoms with Gasteiger partial charge in [0.1, 0.15) is 12.4 Å². The molecule has 0 saturated carbocycles. The molecule has 0 spiro atoms. The summed E-state index contributed by atoms with van der Waals surface area (Å²) in [6, 6.07) is 38.6. The number of benzene rings is 4. The minimum atomic E-state index is -2.30. The number of methoxy groups -OCH3 is 1. The molecule has 0 N–H and O–H groups in total. The van der Waals surface area contributed by atoms with Crippen molar-refractivity contribution in [2.75, 3.05) is 13.7 Å². The molecule has 0 amide bonds. The van der Waals surface area contributed by atoms with Crippen molar-refractivity contribution in [1.29, 1.82) is 0 Å². The molecule has 0 fully saturated rings. The molecule has 0 saturated heterocycles. The molecular formula is C29H27O3P. The largest absolute Gasteiger partial charge is 0.497 e. The van der Waals surface area contributed by atoms with E-state index in [2.05, 4.69) is 36.4 Å². The number of rotatable bonds is 9. The third kappa shape index (κ3) is 5.34. The zero-order valence-corrected chi connectivity index (χ0v) is 19.5. The summed E-state index contributed by atoms with van der Waals surface area (Å²) in [6.45, 7) is -1.90. The Morgan fingerprint density at radius 2 is 1.15 bits per heavy atom. The van der Waals surface area contributed by atoms with Crippen LogP contribution in [0.25, 0.3) is 0 Å². The van der Waals surface area contributed by atoms with Crippen molar-refractivity contribution < 1.29 is 14.3 Å². The van der Waals surface area contributed by atoms with E-state index in [1.165, 1.54) is 0 Å². The fourth-order valence-electron chi connectivity index (χ4n) is 3.90. The second-order valence-electron chi connectivity index (χ2n) is 7.67. The quantitative estimate of drug-likeness (QED) is 0.348.